The highest BCUT2D eigenvalue weighted by Crippen LogP contribution is 2.24. The summed E-state index contributed by atoms with van der Waals surface area (Å²) >= 11 is 1.69. The van der Waals surface area contributed by atoms with Crippen molar-refractivity contribution in [2.45, 2.75) is 30.7 Å². The Morgan fingerprint density at radius 1 is 1.23 bits per heavy atom. The first-order valence-corrected chi connectivity index (χ1v) is 12.6. The van der Waals surface area contributed by atoms with Gasteiger partial charge in [0.15, 0.2) is 5.78 Å². The third-order valence-electron chi connectivity index (χ3n) is 5.65. The van der Waals surface area contributed by atoms with Gasteiger partial charge in [-0.2, -0.15) is 4.31 Å². The first kappa shape index (κ1) is 23.1. The van der Waals surface area contributed by atoms with E-state index in [1.807, 2.05) is 25.5 Å². The molecule has 1 atom stereocenters. The lowest BCUT2D eigenvalue weighted by molar-refractivity contribution is 0.0988. The lowest BCUT2D eigenvalue weighted by Gasteiger charge is -2.29. The number of nitrogens with zero attached hydrogens (tertiary/aromatic N) is 2. The lowest BCUT2D eigenvalue weighted by atomic mass is 10.0. The van der Waals surface area contributed by atoms with Gasteiger partial charge in [0.2, 0.25) is 10.0 Å². The Balaban J connectivity index is 1.63. The molecule has 2 heterocycles. The number of carbonyl (C=O) groups is 1. The van der Waals surface area contributed by atoms with Gasteiger partial charge in [0, 0.05) is 30.1 Å². The largest absolute Gasteiger partial charge is 0.308 e. The van der Waals surface area contributed by atoms with Crippen molar-refractivity contribution in [3.8, 4) is 0 Å². The summed E-state index contributed by atoms with van der Waals surface area (Å²) in [5.74, 6) is 0.443. The van der Waals surface area contributed by atoms with E-state index in [4.69, 9.17) is 0 Å². The predicted molar refractivity (Wildman–Crippen MR) is 122 cm³/mol. The molecule has 1 aliphatic rings. The molecule has 30 heavy (non-hydrogen) atoms. The Hall–Kier alpha value is -1.58. The molecule has 0 radical (unpaired) electrons. The van der Waals surface area contributed by atoms with Crippen molar-refractivity contribution < 1.29 is 13.2 Å². The number of ketones is 1. The summed E-state index contributed by atoms with van der Waals surface area (Å²) in [6.45, 7) is 4.04. The van der Waals surface area contributed by atoms with Crippen LogP contribution in [-0.2, 0) is 10.0 Å². The zero-order valence-electron chi connectivity index (χ0n) is 17.9. The molecule has 0 saturated carbocycles. The minimum absolute atomic E-state index is 0.108. The number of rotatable bonds is 9. The van der Waals surface area contributed by atoms with Crippen LogP contribution in [0.25, 0.3) is 0 Å². The van der Waals surface area contributed by atoms with Gasteiger partial charge in [-0.05, 0) is 56.4 Å². The minimum atomic E-state index is -3.56. The van der Waals surface area contributed by atoms with Crippen LogP contribution in [0.5, 0.6) is 0 Å². The molecule has 1 aromatic carbocycles. The standard InChI is InChI=1S/C22H31N3O3S2/c1-17-9-11-25(12-10-17)30(27,28)19-7-4-6-18(14-19)21(26)16-23-15-20(24(2)3)22-8-5-13-29-22/h4-8,13-14,17,20,23H,9-12,15-16H2,1-3H3. The Labute approximate surface area is 183 Å². The van der Waals surface area contributed by atoms with Gasteiger partial charge in [-0.1, -0.05) is 25.1 Å². The van der Waals surface area contributed by atoms with Crippen LogP contribution in [0.1, 0.15) is 41.0 Å². The first-order chi connectivity index (χ1) is 14.3. The molecule has 0 amide bonds. The normalized spacial score (nSPS) is 17.3. The van der Waals surface area contributed by atoms with Crippen LogP contribution >= 0.6 is 11.3 Å². The molecular weight excluding hydrogens is 418 g/mol. The number of hydrogen-bond donors (Lipinski definition) is 1. The maximum absolute atomic E-state index is 13.0. The summed E-state index contributed by atoms with van der Waals surface area (Å²) in [6.07, 6.45) is 1.75. The van der Waals surface area contributed by atoms with E-state index in [-0.39, 0.29) is 23.3 Å². The van der Waals surface area contributed by atoms with E-state index in [1.165, 1.54) is 15.2 Å². The second kappa shape index (κ2) is 10.2. The molecular formula is C22H31N3O3S2. The molecule has 1 N–H and O–H groups in total. The third kappa shape index (κ3) is 5.56. The van der Waals surface area contributed by atoms with Crippen molar-refractivity contribution in [1.82, 2.24) is 14.5 Å². The number of Topliss-reactive ketones (excluding diaryl/α,β-unsaturated/α-hetero) is 1. The molecule has 1 saturated heterocycles. The lowest BCUT2D eigenvalue weighted by Crippen LogP contribution is -2.38. The highest BCUT2D eigenvalue weighted by Gasteiger charge is 2.28. The summed E-state index contributed by atoms with van der Waals surface area (Å²) in [5.41, 5.74) is 0.423. The molecule has 3 rings (SSSR count). The molecule has 1 unspecified atom stereocenters. The average Bonchev–Trinajstić information content (AvgIpc) is 3.25. The number of thiophene rings is 1. The number of sulfonamides is 1. The molecule has 2 aromatic rings. The van der Waals surface area contributed by atoms with E-state index in [0.29, 0.717) is 31.1 Å². The number of carbonyl (C=O) groups excluding carboxylic acids is 1. The van der Waals surface area contributed by atoms with Gasteiger partial charge in [0.05, 0.1) is 17.5 Å². The zero-order valence-corrected chi connectivity index (χ0v) is 19.5. The van der Waals surface area contributed by atoms with Crippen LogP contribution in [0, 0.1) is 5.92 Å². The summed E-state index contributed by atoms with van der Waals surface area (Å²) in [7, 11) is 0.474. The van der Waals surface area contributed by atoms with Gasteiger partial charge >= 0.3 is 0 Å². The fourth-order valence-corrected chi connectivity index (χ4v) is 6.09. The van der Waals surface area contributed by atoms with Gasteiger partial charge in [-0.3, -0.25) is 4.79 Å². The van der Waals surface area contributed by atoms with E-state index < -0.39 is 10.0 Å². The van der Waals surface area contributed by atoms with Crippen LogP contribution < -0.4 is 5.32 Å². The van der Waals surface area contributed by atoms with Gasteiger partial charge in [0.25, 0.3) is 0 Å². The Morgan fingerprint density at radius 2 is 1.97 bits per heavy atom. The van der Waals surface area contributed by atoms with Gasteiger partial charge < -0.3 is 10.2 Å². The third-order valence-corrected chi connectivity index (χ3v) is 8.52. The fraction of sp³-hybridized carbons (Fsp3) is 0.500. The highest BCUT2D eigenvalue weighted by atomic mass is 32.2. The maximum Gasteiger partial charge on any atom is 0.243 e. The van der Waals surface area contributed by atoms with E-state index in [1.54, 1.807) is 29.5 Å². The SMILES string of the molecule is CC1CCN(S(=O)(=O)c2cccc(C(=O)CNCC(c3cccs3)N(C)C)c2)CC1. The maximum atomic E-state index is 13.0. The topological polar surface area (TPSA) is 69.7 Å². The predicted octanol–water partition coefficient (Wildman–Crippen LogP) is 3.24. The van der Waals surface area contributed by atoms with E-state index >= 15 is 0 Å². The quantitative estimate of drug-likeness (QED) is 0.595. The smallest absolute Gasteiger partial charge is 0.243 e. The van der Waals surface area contributed by atoms with Crippen LogP contribution in [-0.4, -0.2) is 63.7 Å². The summed E-state index contributed by atoms with van der Waals surface area (Å²) in [6, 6.07) is 10.7. The van der Waals surface area contributed by atoms with Crippen LogP contribution in [0.15, 0.2) is 46.7 Å². The number of benzene rings is 1. The summed E-state index contributed by atoms with van der Waals surface area (Å²) in [5, 5.41) is 5.28. The van der Waals surface area contributed by atoms with E-state index in [0.717, 1.165) is 12.8 Å². The Morgan fingerprint density at radius 3 is 2.60 bits per heavy atom. The molecule has 1 aliphatic heterocycles. The highest BCUT2D eigenvalue weighted by molar-refractivity contribution is 7.89. The Kier molecular flexibility index (Phi) is 7.81. The molecule has 1 fully saturated rings. The van der Waals surface area contributed by atoms with Crippen LogP contribution in [0.2, 0.25) is 0 Å². The molecule has 0 bridgehead atoms. The summed E-state index contributed by atoms with van der Waals surface area (Å²) < 4.78 is 27.5. The molecule has 8 heteroatoms. The zero-order chi connectivity index (χ0) is 21.7. The second-order valence-corrected chi connectivity index (χ2v) is 11.1. The number of likely N-dealkylation sites (N-methyl/N-ethyl adjacent to an activating group) is 1. The second-order valence-electron chi connectivity index (χ2n) is 8.16. The van der Waals surface area contributed by atoms with Gasteiger partial charge in [0.1, 0.15) is 0 Å². The number of hydrogen-bond acceptors (Lipinski definition) is 6. The van der Waals surface area contributed by atoms with Crippen molar-refractivity contribution in [2.75, 3.05) is 40.3 Å². The Bertz CT molecular complexity index is 934. The van der Waals surface area contributed by atoms with Crippen molar-refractivity contribution in [1.29, 1.82) is 0 Å². The molecule has 164 valence electrons. The van der Waals surface area contributed by atoms with E-state index in [9.17, 15) is 13.2 Å². The molecule has 0 aliphatic carbocycles. The fourth-order valence-electron chi connectivity index (χ4n) is 3.65. The monoisotopic (exact) mass is 449 g/mol. The summed E-state index contributed by atoms with van der Waals surface area (Å²) in [4.78, 5) is 16.3. The number of piperidine rings is 1. The molecule has 6 nitrogen and oxygen atoms in total. The number of nitrogens with one attached hydrogen (secondary N) is 1. The van der Waals surface area contributed by atoms with Gasteiger partial charge in [-0.25, -0.2) is 8.42 Å². The van der Waals surface area contributed by atoms with Crippen LogP contribution in [0.4, 0.5) is 0 Å². The van der Waals surface area contributed by atoms with Crippen molar-refractivity contribution in [2.24, 2.45) is 5.92 Å². The first-order valence-electron chi connectivity index (χ1n) is 10.3. The van der Waals surface area contributed by atoms with Crippen molar-refractivity contribution >= 4 is 27.1 Å². The molecule has 0 spiro atoms. The van der Waals surface area contributed by atoms with Gasteiger partial charge in [-0.15, -0.1) is 11.3 Å². The van der Waals surface area contributed by atoms with E-state index in [2.05, 4.69) is 23.2 Å². The average molecular weight is 450 g/mol. The van der Waals surface area contributed by atoms with Crippen molar-refractivity contribution in [3.05, 3.63) is 52.2 Å². The van der Waals surface area contributed by atoms with Crippen molar-refractivity contribution in [3.63, 3.8) is 0 Å². The molecule has 1 aromatic heterocycles. The minimum Gasteiger partial charge on any atom is -0.308 e. The van der Waals surface area contributed by atoms with Crippen LogP contribution in [0.3, 0.4) is 0 Å².